The number of carbonyl (C=O) groups excluding carboxylic acids is 2. The third kappa shape index (κ3) is 4.33. The highest BCUT2D eigenvalue weighted by Gasteiger charge is 2.13. The highest BCUT2D eigenvalue weighted by molar-refractivity contribution is 5.93. The number of hydrogen-bond donors (Lipinski definition) is 0. The third-order valence-corrected chi connectivity index (χ3v) is 3.02. The lowest BCUT2D eigenvalue weighted by Crippen LogP contribution is -2.30. The van der Waals surface area contributed by atoms with Crippen LogP contribution in [0.1, 0.15) is 43.2 Å². The maximum Gasteiger partial charge on any atom is 0.326 e. The average molecular weight is 279 g/mol. The molecule has 110 valence electrons. The van der Waals surface area contributed by atoms with Crippen molar-refractivity contribution in [2.45, 2.75) is 40.7 Å². The van der Waals surface area contributed by atoms with E-state index in [0.717, 1.165) is 6.42 Å². The molecule has 0 spiro atoms. The summed E-state index contributed by atoms with van der Waals surface area (Å²) in [7, 11) is 0. The van der Waals surface area contributed by atoms with Gasteiger partial charge in [-0.25, -0.2) is 0 Å². The van der Waals surface area contributed by atoms with Gasteiger partial charge in [-0.2, -0.15) is 0 Å². The number of ketones is 1. The molecule has 0 aliphatic heterocycles. The number of esters is 1. The Kier molecular flexibility index (Phi) is 5.67. The van der Waals surface area contributed by atoms with Gasteiger partial charge in [0.25, 0.3) is 5.56 Å². The van der Waals surface area contributed by atoms with Crippen molar-refractivity contribution in [3.8, 4) is 0 Å². The van der Waals surface area contributed by atoms with Crippen molar-refractivity contribution in [3.05, 3.63) is 33.7 Å². The molecule has 0 aromatic carbocycles. The minimum atomic E-state index is -0.462. The Labute approximate surface area is 118 Å². The number of nitrogens with zero attached hydrogens (tertiary/aromatic N) is 1. The minimum Gasteiger partial charge on any atom is -0.464 e. The van der Waals surface area contributed by atoms with Crippen LogP contribution in [0.3, 0.4) is 0 Å². The van der Waals surface area contributed by atoms with E-state index in [1.54, 1.807) is 13.0 Å². The van der Waals surface area contributed by atoms with E-state index in [9.17, 15) is 14.4 Å². The number of rotatable bonds is 6. The van der Waals surface area contributed by atoms with Gasteiger partial charge < -0.3 is 9.30 Å². The van der Waals surface area contributed by atoms with Crippen LogP contribution in [0.4, 0.5) is 0 Å². The van der Waals surface area contributed by atoms with Gasteiger partial charge in [-0.3, -0.25) is 14.4 Å². The first-order valence-electron chi connectivity index (χ1n) is 6.70. The summed E-state index contributed by atoms with van der Waals surface area (Å²) in [6.45, 7) is 7.31. The molecule has 0 amide bonds. The van der Waals surface area contributed by atoms with Crippen molar-refractivity contribution in [1.29, 1.82) is 0 Å². The molecular weight excluding hydrogens is 258 g/mol. The second kappa shape index (κ2) is 7.03. The summed E-state index contributed by atoms with van der Waals surface area (Å²) in [6, 6.07) is 3.14. The monoisotopic (exact) mass is 279 g/mol. The first-order valence-corrected chi connectivity index (χ1v) is 6.70. The van der Waals surface area contributed by atoms with Gasteiger partial charge in [-0.05, 0) is 38.3 Å². The zero-order valence-electron chi connectivity index (χ0n) is 12.4. The number of carbonyl (C=O) groups is 2. The van der Waals surface area contributed by atoms with Gasteiger partial charge in [0.1, 0.15) is 6.54 Å². The Bertz CT molecular complexity index is 557. The Balaban J connectivity index is 2.82. The third-order valence-electron chi connectivity index (χ3n) is 3.02. The fourth-order valence-corrected chi connectivity index (χ4v) is 1.72. The SMILES string of the molecule is CC(=O)c1ccc(C)n(CC(=O)OCCC(C)C)c1=O. The van der Waals surface area contributed by atoms with Crippen LogP contribution in [0.25, 0.3) is 0 Å². The quantitative estimate of drug-likeness (QED) is 0.589. The molecule has 0 fully saturated rings. The summed E-state index contributed by atoms with van der Waals surface area (Å²) in [5.41, 5.74) is 0.268. The molecule has 0 atom stereocenters. The molecule has 5 heteroatoms. The molecular formula is C15H21NO4. The first-order chi connectivity index (χ1) is 9.32. The molecule has 0 N–H and O–H groups in total. The summed E-state index contributed by atoms with van der Waals surface area (Å²) < 4.78 is 6.36. The van der Waals surface area contributed by atoms with Crippen LogP contribution in [0, 0.1) is 12.8 Å². The van der Waals surface area contributed by atoms with E-state index in [-0.39, 0.29) is 17.9 Å². The molecule has 5 nitrogen and oxygen atoms in total. The topological polar surface area (TPSA) is 65.4 Å². The highest BCUT2D eigenvalue weighted by Crippen LogP contribution is 2.02. The largest absolute Gasteiger partial charge is 0.464 e. The lowest BCUT2D eigenvalue weighted by Gasteiger charge is -2.11. The summed E-state index contributed by atoms with van der Waals surface area (Å²) in [5.74, 6) is -0.318. The fraction of sp³-hybridized carbons (Fsp3) is 0.533. The van der Waals surface area contributed by atoms with Gasteiger partial charge in [-0.15, -0.1) is 0 Å². The van der Waals surface area contributed by atoms with Crippen molar-refractivity contribution in [2.75, 3.05) is 6.61 Å². The zero-order valence-corrected chi connectivity index (χ0v) is 12.4. The van der Waals surface area contributed by atoms with Crippen molar-refractivity contribution in [1.82, 2.24) is 4.57 Å². The van der Waals surface area contributed by atoms with E-state index >= 15 is 0 Å². The van der Waals surface area contributed by atoms with Crippen molar-refractivity contribution >= 4 is 11.8 Å². The maximum absolute atomic E-state index is 12.1. The average Bonchev–Trinajstić information content (AvgIpc) is 2.33. The molecule has 20 heavy (non-hydrogen) atoms. The molecule has 0 aliphatic rings. The van der Waals surface area contributed by atoms with E-state index in [1.165, 1.54) is 17.6 Å². The summed E-state index contributed by atoms with van der Waals surface area (Å²) in [4.78, 5) is 35.1. The zero-order chi connectivity index (χ0) is 15.3. The van der Waals surface area contributed by atoms with E-state index in [2.05, 4.69) is 0 Å². The van der Waals surface area contributed by atoms with Crippen LogP contribution in [0.2, 0.25) is 0 Å². The predicted octanol–water partition coefficient (Wildman–Crippen LogP) is 1.95. The molecule has 0 saturated heterocycles. The molecule has 1 heterocycles. The normalized spacial score (nSPS) is 10.7. The van der Waals surface area contributed by atoms with Crippen LogP contribution < -0.4 is 5.56 Å². The molecule has 0 unspecified atom stereocenters. The Morgan fingerprint density at radius 2 is 1.95 bits per heavy atom. The molecule has 0 radical (unpaired) electrons. The Morgan fingerprint density at radius 3 is 2.50 bits per heavy atom. The number of pyridine rings is 1. The van der Waals surface area contributed by atoms with Gasteiger partial charge in [0.05, 0.1) is 12.2 Å². The van der Waals surface area contributed by atoms with E-state index in [0.29, 0.717) is 18.2 Å². The molecule has 1 aromatic rings. The highest BCUT2D eigenvalue weighted by atomic mass is 16.5. The maximum atomic E-state index is 12.1. The number of Topliss-reactive ketones (excluding diaryl/α,β-unsaturated/α-hetero) is 1. The van der Waals surface area contributed by atoms with Crippen molar-refractivity contribution in [2.24, 2.45) is 5.92 Å². The molecule has 0 saturated carbocycles. The first kappa shape index (κ1) is 16.1. The van der Waals surface area contributed by atoms with Gasteiger partial charge in [0, 0.05) is 5.69 Å². The lowest BCUT2D eigenvalue weighted by atomic mass is 10.1. The Morgan fingerprint density at radius 1 is 1.30 bits per heavy atom. The number of ether oxygens (including phenoxy) is 1. The van der Waals surface area contributed by atoms with Crippen molar-refractivity contribution < 1.29 is 14.3 Å². The lowest BCUT2D eigenvalue weighted by molar-refractivity contribution is -0.144. The van der Waals surface area contributed by atoms with Gasteiger partial charge in [0.2, 0.25) is 0 Å². The molecule has 1 rings (SSSR count). The number of hydrogen-bond acceptors (Lipinski definition) is 4. The minimum absolute atomic E-state index is 0.0885. The van der Waals surface area contributed by atoms with Crippen LogP contribution in [0.5, 0.6) is 0 Å². The van der Waals surface area contributed by atoms with Gasteiger partial charge in [-0.1, -0.05) is 13.8 Å². The van der Waals surface area contributed by atoms with E-state index in [4.69, 9.17) is 4.74 Å². The second-order valence-corrected chi connectivity index (χ2v) is 5.24. The molecule has 0 bridgehead atoms. The van der Waals surface area contributed by atoms with Crippen LogP contribution in [-0.4, -0.2) is 22.9 Å². The van der Waals surface area contributed by atoms with E-state index in [1.807, 2.05) is 13.8 Å². The predicted molar refractivity (Wildman–Crippen MR) is 75.9 cm³/mol. The molecule has 0 aliphatic carbocycles. The number of aryl methyl sites for hydroxylation is 1. The van der Waals surface area contributed by atoms with Crippen LogP contribution >= 0.6 is 0 Å². The summed E-state index contributed by atoms with van der Waals surface area (Å²) >= 11 is 0. The van der Waals surface area contributed by atoms with E-state index < -0.39 is 11.5 Å². The number of aromatic nitrogens is 1. The fourth-order valence-electron chi connectivity index (χ4n) is 1.72. The molecule has 1 aromatic heterocycles. The summed E-state index contributed by atoms with van der Waals surface area (Å²) in [5, 5.41) is 0. The van der Waals surface area contributed by atoms with Crippen molar-refractivity contribution in [3.63, 3.8) is 0 Å². The van der Waals surface area contributed by atoms with Crippen LogP contribution in [-0.2, 0) is 16.1 Å². The summed E-state index contributed by atoms with van der Waals surface area (Å²) in [6.07, 6.45) is 0.785. The van der Waals surface area contributed by atoms with Gasteiger partial charge in [0.15, 0.2) is 5.78 Å². The standard InChI is InChI=1S/C15H21NO4/c1-10(2)7-8-20-14(18)9-16-11(3)5-6-13(12(4)17)15(16)19/h5-6,10H,7-9H2,1-4H3. The van der Waals surface area contributed by atoms with Crippen LogP contribution in [0.15, 0.2) is 16.9 Å². The van der Waals surface area contributed by atoms with Gasteiger partial charge >= 0.3 is 5.97 Å². The smallest absolute Gasteiger partial charge is 0.326 e. The Hall–Kier alpha value is -1.91. The second-order valence-electron chi connectivity index (χ2n) is 5.24.